The van der Waals surface area contributed by atoms with Gasteiger partial charge < -0.3 is 4.90 Å². The lowest BCUT2D eigenvalue weighted by atomic mass is 10.1. The van der Waals surface area contributed by atoms with E-state index in [1.54, 1.807) is 23.7 Å². The minimum absolute atomic E-state index is 0.0693. The highest BCUT2D eigenvalue weighted by molar-refractivity contribution is 7.08. The lowest BCUT2D eigenvalue weighted by Crippen LogP contribution is -2.30. The Kier molecular flexibility index (Phi) is 3.29. The van der Waals surface area contributed by atoms with E-state index >= 15 is 0 Å². The Hall–Kier alpha value is -1.75. The molecule has 0 N–H and O–H groups in total. The van der Waals surface area contributed by atoms with E-state index in [2.05, 4.69) is 9.97 Å². The van der Waals surface area contributed by atoms with Crippen molar-refractivity contribution >= 4 is 17.2 Å². The number of carbonyl (C=O) groups is 1. The van der Waals surface area contributed by atoms with Gasteiger partial charge in [0, 0.05) is 18.1 Å². The van der Waals surface area contributed by atoms with Crippen molar-refractivity contribution < 1.29 is 4.79 Å². The van der Waals surface area contributed by atoms with Crippen molar-refractivity contribution in [3.8, 4) is 0 Å². The molecule has 0 unspecified atom stereocenters. The first-order valence-electron chi connectivity index (χ1n) is 6.37. The first-order valence-corrected chi connectivity index (χ1v) is 7.31. The number of carbonyl (C=O) groups excluding carboxylic acids is 1. The normalized spacial score (nSPS) is 18.8. The molecule has 0 aliphatic carbocycles. The fraction of sp³-hybridized carbons (Fsp3) is 0.357. The largest absolute Gasteiger partial charge is 0.330 e. The summed E-state index contributed by atoms with van der Waals surface area (Å²) in [6.45, 7) is 2.73. The third-order valence-electron chi connectivity index (χ3n) is 3.40. The van der Waals surface area contributed by atoms with Crippen molar-refractivity contribution in [3.63, 3.8) is 0 Å². The zero-order valence-corrected chi connectivity index (χ0v) is 11.6. The van der Waals surface area contributed by atoms with Crippen molar-refractivity contribution in [2.75, 3.05) is 6.54 Å². The summed E-state index contributed by atoms with van der Waals surface area (Å²) >= 11 is 1.55. The minimum Gasteiger partial charge on any atom is -0.330 e. The molecular formula is C14H15N3OS. The van der Waals surface area contributed by atoms with Gasteiger partial charge in [0.2, 0.25) is 0 Å². The third-order valence-corrected chi connectivity index (χ3v) is 4.08. The van der Waals surface area contributed by atoms with Crippen LogP contribution in [0.25, 0.3) is 0 Å². The van der Waals surface area contributed by atoms with Gasteiger partial charge in [-0.25, -0.2) is 0 Å². The van der Waals surface area contributed by atoms with Crippen LogP contribution in [-0.2, 0) is 0 Å². The second kappa shape index (κ2) is 5.09. The third kappa shape index (κ3) is 2.38. The smallest absolute Gasteiger partial charge is 0.255 e. The summed E-state index contributed by atoms with van der Waals surface area (Å²) in [6, 6.07) is 1.95. The van der Waals surface area contributed by atoms with Gasteiger partial charge in [-0.05, 0) is 31.2 Å². The summed E-state index contributed by atoms with van der Waals surface area (Å²) in [7, 11) is 0. The van der Waals surface area contributed by atoms with Gasteiger partial charge in [0.1, 0.15) is 0 Å². The van der Waals surface area contributed by atoms with Crippen molar-refractivity contribution in [2.24, 2.45) is 0 Å². The van der Waals surface area contributed by atoms with E-state index in [9.17, 15) is 4.79 Å². The summed E-state index contributed by atoms with van der Waals surface area (Å²) in [5.41, 5.74) is 2.57. The number of hydrogen-bond donors (Lipinski definition) is 0. The molecule has 0 bridgehead atoms. The zero-order valence-electron chi connectivity index (χ0n) is 10.7. The van der Waals surface area contributed by atoms with E-state index in [1.807, 2.05) is 28.7 Å². The number of thiophene rings is 1. The van der Waals surface area contributed by atoms with E-state index < -0.39 is 0 Å². The Morgan fingerprint density at radius 2 is 2.37 bits per heavy atom. The van der Waals surface area contributed by atoms with Crippen LogP contribution in [0.15, 0.2) is 29.2 Å². The predicted molar refractivity (Wildman–Crippen MR) is 74.1 cm³/mol. The van der Waals surface area contributed by atoms with Crippen molar-refractivity contribution in [1.29, 1.82) is 0 Å². The molecular weight excluding hydrogens is 258 g/mol. The van der Waals surface area contributed by atoms with Crippen LogP contribution < -0.4 is 0 Å². The molecule has 1 fully saturated rings. The quantitative estimate of drug-likeness (QED) is 0.845. The van der Waals surface area contributed by atoms with Crippen LogP contribution in [0.3, 0.4) is 0 Å². The van der Waals surface area contributed by atoms with Crippen LogP contribution in [0.2, 0.25) is 0 Å². The summed E-state index contributed by atoms with van der Waals surface area (Å²) < 4.78 is 0. The molecule has 1 aliphatic rings. The molecule has 4 nitrogen and oxygen atoms in total. The van der Waals surface area contributed by atoms with Gasteiger partial charge in [0.25, 0.3) is 5.91 Å². The van der Waals surface area contributed by atoms with E-state index in [-0.39, 0.29) is 11.9 Å². The summed E-state index contributed by atoms with van der Waals surface area (Å²) in [5.74, 6) is 0.104. The number of hydrogen-bond acceptors (Lipinski definition) is 4. The summed E-state index contributed by atoms with van der Waals surface area (Å²) in [6.07, 6.45) is 5.50. The summed E-state index contributed by atoms with van der Waals surface area (Å²) in [4.78, 5) is 23.1. The van der Waals surface area contributed by atoms with Crippen LogP contribution in [0, 0.1) is 6.92 Å². The Morgan fingerprint density at radius 3 is 3.11 bits per heavy atom. The highest BCUT2D eigenvalue weighted by Crippen LogP contribution is 2.32. The average Bonchev–Trinajstić information content (AvgIpc) is 3.09. The lowest BCUT2D eigenvalue weighted by molar-refractivity contribution is 0.0733. The molecule has 0 radical (unpaired) electrons. The topological polar surface area (TPSA) is 46.1 Å². The van der Waals surface area contributed by atoms with Crippen molar-refractivity contribution in [1.82, 2.24) is 14.9 Å². The Labute approximate surface area is 116 Å². The number of rotatable bonds is 2. The zero-order chi connectivity index (χ0) is 13.2. The molecule has 19 heavy (non-hydrogen) atoms. The maximum absolute atomic E-state index is 12.5. The fourth-order valence-electron chi connectivity index (χ4n) is 2.51. The molecule has 98 valence electrons. The molecule has 1 aliphatic heterocycles. The van der Waals surface area contributed by atoms with Crippen LogP contribution in [-0.4, -0.2) is 27.3 Å². The predicted octanol–water partition coefficient (Wildman–Crippen LogP) is 2.82. The molecule has 1 amide bonds. The van der Waals surface area contributed by atoms with E-state index in [0.29, 0.717) is 0 Å². The molecule has 0 aromatic carbocycles. The Bertz CT molecular complexity index is 582. The van der Waals surface area contributed by atoms with Crippen LogP contribution in [0.1, 0.15) is 40.6 Å². The highest BCUT2D eigenvalue weighted by atomic mass is 32.1. The van der Waals surface area contributed by atoms with Gasteiger partial charge in [-0.15, -0.1) is 0 Å². The molecule has 0 spiro atoms. The minimum atomic E-state index is 0.0693. The first-order chi connectivity index (χ1) is 9.25. The molecule has 2 aromatic rings. The van der Waals surface area contributed by atoms with Gasteiger partial charge in [0.15, 0.2) is 0 Å². The van der Waals surface area contributed by atoms with Gasteiger partial charge in [-0.3, -0.25) is 14.8 Å². The molecule has 0 saturated carbocycles. The van der Waals surface area contributed by atoms with E-state index in [4.69, 9.17) is 0 Å². The van der Waals surface area contributed by atoms with E-state index in [1.165, 1.54) is 0 Å². The summed E-state index contributed by atoms with van der Waals surface area (Å²) in [5, 5.41) is 3.84. The van der Waals surface area contributed by atoms with Crippen molar-refractivity contribution in [2.45, 2.75) is 25.8 Å². The molecule has 1 saturated heterocycles. The maximum Gasteiger partial charge on any atom is 0.255 e. The van der Waals surface area contributed by atoms with E-state index in [0.717, 1.165) is 36.3 Å². The molecule has 3 rings (SSSR count). The monoisotopic (exact) mass is 273 g/mol. The van der Waals surface area contributed by atoms with Crippen LogP contribution >= 0.6 is 11.3 Å². The van der Waals surface area contributed by atoms with Crippen LogP contribution in [0.5, 0.6) is 0 Å². The molecule has 2 aromatic heterocycles. The second-order valence-electron chi connectivity index (χ2n) is 4.75. The van der Waals surface area contributed by atoms with Gasteiger partial charge in [-0.1, -0.05) is 0 Å². The average molecular weight is 273 g/mol. The standard InChI is InChI=1S/C14H15N3OS/c1-10-7-15-8-12(16-10)13-3-2-5-17(13)14(18)11-4-6-19-9-11/h4,6-9,13H,2-3,5H2,1H3/t13-/m0/s1. The number of nitrogens with zero attached hydrogens (tertiary/aromatic N) is 3. The maximum atomic E-state index is 12.5. The Morgan fingerprint density at radius 1 is 1.47 bits per heavy atom. The molecule has 3 heterocycles. The highest BCUT2D eigenvalue weighted by Gasteiger charge is 2.31. The SMILES string of the molecule is Cc1cncc([C@@H]2CCCN2C(=O)c2ccsc2)n1. The molecule has 5 heteroatoms. The van der Waals surface area contributed by atoms with Gasteiger partial charge in [0.05, 0.1) is 29.2 Å². The van der Waals surface area contributed by atoms with Gasteiger partial charge >= 0.3 is 0 Å². The first kappa shape index (κ1) is 12.3. The number of amides is 1. The van der Waals surface area contributed by atoms with Crippen molar-refractivity contribution in [3.05, 3.63) is 46.2 Å². The Balaban J connectivity index is 1.88. The lowest BCUT2D eigenvalue weighted by Gasteiger charge is -2.23. The number of likely N-dealkylation sites (tertiary alicyclic amines) is 1. The second-order valence-corrected chi connectivity index (χ2v) is 5.53. The fourth-order valence-corrected chi connectivity index (χ4v) is 3.14. The number of aromatic nitrogens is 2. The van der Waals surface area contributed by atoms with Crippen LogP contribution in [0.4, 0.5) is 0 Å². The molecule has 1 atom stereocenters. The number of aryl methyl sites for hydroxylation is 1. The van der Waals surface area contributed by atoms with Gasteiger partial charge in [-0.2, -0.15) is 11.3 Å².